The predicted molar refractivity (Wildman–Crippen MR) is 214 cm³/mol. The van der Waals surface area contributed by atoms with E-state index in [1.165, 1.54) is 133 Å². The van der Waals surface area contributed by atoms with E-state index in [0.717, 1.165) is 38.3 Å². The van der Waals surface area contributed by atoms with Crippen molar-refractivity contribution < 1.29 is 0 Å². The maximum Gasteiger partial charge on any atom is 0.0264 e. The standard InChI is InChI=1S/C46H67N5/c1-5-16-39(17-6-1)18-13-14-27-48-30-31-51(37-45(48)33-41-21-9-3-10-22-41)46(34-42-23-11-4-12-24-42)38-49-28-15-25-43(49)36-50-29-26-47-35-44(50)32-40-19-7-2-8-20-40/h2-4,7-12,19-24,39,43-47H,1,5-6,13-18,25-38H2/t43?,44-,45-,46-/m0/s1. The normalized spacial score (nSPS) is 25.3. The van der Waals surface area contributed by atoms with Crippen LogP contribution in [-0.4, -0.2) is 109 Å². The van der Waals surface area contributed by atoms with Crippen LogP contribution in [0.15, 0.2) is 91.0 Å². The lowest BCUT2D eigenvalue weighted by molar-refractivity contribution is 0.0285. The van der Waals surface area contributed by atoms with Crippen molar-refractivity contribution in [2.75, 3.05) is 65.4 Å². The van der Waals surface area contributed by atoms with Crippen molar-refractivity contribution in [3.05, 3.63) is 108 Å². The molecule has 1 unspecified atom stereocenters. The number of unbranched alkanes of at least 4 members (excludes halogenated alkanes) is 1. The molecule has 3 saturated heterocycles. The van der Waals surface area contributed by atoms with Gasteiger partial charge in [0.05, 0.1) is 0 Å². The summed E-state index contributed by atoms with van der Waals surface area (Å²) in [6, 6.07) is 36.3. The van der Waals surface area contributed by atoms with E-state index in [1.807, 2.05) is 0 Å². The third-order valence-corrected chi connectivity index (χ3v) is 13.0. The highest BCUT2D eigenvalue weighted by atomic mass is 15.3. The van der Waals surface area contributed by atoms with Gasteiger partial charge in [0.1, 0.15) is 0 Å². The van der Waals surface area contributed by atoms with E-state index in [9.17, 15) is 0 Å². The largest absolute Gasteiger partial charge is 0.314 e. The lowest BCUT2D eigenvalue weighted by Crippen LogP contribution is -2.60. The molecule has 5 heteroatoms. The molecule has 4 aliphatic rings. The zero-order valence-electron chi connectivity index (χ0n) is 31.6. The van der Waals surface area contributed by atoms with E-state index in [-0.39, 0.29) is 0 Å². The third kappa shape index (κ3) is 11.0. The Balaban J connectivity index is 1.02. The Hall–Kier alpha value is -2.54. The summed E-state index contributed by atoms with van der Waals surface area (Å²) in [5, 5.41) is 3.71. The van der Waals surface area contributed by atoms with Crippen molar-refractivity contribution in [3.8, 4) is 0 Å². The fourth-order valence-corrected chi connectivity index (χ4v) is 10.1. The molecule has 0 bridgehead atoms. The van der Waals surface area contributed by atoms with Gasteiger partial charge in [-0.1, -0.05) is 136 Å². The molecule has 3 aromatic carbocycles. The van der Waals surface area contributed by atoms with E-state index in [1.54, 1.807) is 0 Å². The van der Waals surface area contributed by atoms with Crippen LogP contribution in [0.3, 0.4) is 0 Å². The molecular weight excluding hydrogens is 623 g/mol. The summed E-state index contributed by atoms with van der Waals surface area (Å²) >= 11 is 0. The first-order valence-electron chi connectivity index (χ1n) is 21.1. The van der Waals surface area contributed by atoms with Gasteiger partial charge >= 0.3 is 0 Å². The summed E-state index contributed by atoms with van der Waals surface area (Å²) in [5.41, 5.74) is 4.46. The minimum atomic E-state index is 0.544. The number of benzene rings is 3. The summed E-state index contributed by atoms with van der Waals surface area (Å²) in [6.45, 7) is 11.9. The second kappa shape index (κ2) is 19.5. The summed E-state index contributed by atoms with van der Waals surface area (Å²) in [5.74, 6) is 1.00. The zero-order chi connectivity index (χ0) is 34.5. The van der Waals surface area contributed by atoms with Gasteiger partial charge in [-0.05, 0) is 74.2 Å². The number of likely N-dealkylation sites (tertiary alicyclic amines) is 1. The highest BCUT2D eigenvalue weighted by Crippen LogP contribution is 2.29. The smallest absolute Gasteiger partial charge is 0.0264 e. The molecule has 0 spiro atoms. The summed E-state index contributed by atoms with van der Waals surface area (Å²) in [7, 11) is 0. The molecule has 1 N–H and O–H groups in total. The molecule has 51 heavy (non-hydrogen) atoms. The average molecular weight is 690 g/mol. The number of hydrogen-bond acceptors (Lipinski definition) is 5. The number of piperazine rings is 2. The first-order chi connectivity index (χ1) is 25.3. The first-order valence-corrected chi connectivity index (χ1v) is 21.1. The van der Waals surface area contributed by atoms with Crippen LogP contribution < -0.4 is 5.32 Å². The summed E-state index contributed by atoms with van der Waals surface area (Å²) in [6.07, 6.45) is 17.7. The van der Waals surface area contributed by atoms with E-state index in [0.29, 0.717) is 24.2 Å². The predicted octanol–water partition coefficient (Wildman–Crippen LogP) is 7.56. The van der Waals surface area contributed by atoms with Crippen molar-refractivity contribution in [1.29, 1.82) is 0 Å². The molecule has 4 atom stereocenters. The SMILES string of the molecule is c1ccc(C[C@H]2CNCCN2CC2CCCN2C[C@H](Cc2ccccc2)N2CCN(CCCCC3CCCCC3)[C@@H](Cc3ccccc3)C2)cc1. The van der Waals surface area contributed by atoms with Gasteiger partial charge < -0.3 is 5.32 Å². The number of hydrogen-bond donors (Lipinski definition) is 1. The Kier molecular flexibility index (Phi) is 14.1. The molecule has 7 rings (SSSR count). The van der Waals surface area contributed by atoms with Crippen molar-refractivity contribution in [2.45, 2.75) is 108 Å². The van der Waals surface area contributed by atoms with Crippen LogP contribution >= 0.6 is 0 Å². The molecule has 4 fully saturated rings. The van der Waals surface area contributed by atoms with Crippen LogP contribution in [0.1, 0.15) is 80.9 Å². The molecule has 1 aliphatic carbocycles. The van der Waals surface area contributed by atoms with E-state index >= 15 is 0 Å². The van der Waals surface area contributed by atoms with Crippen molar-refractivity contribution in [1.82, 2.24) is 24.9 Å². The number of nitrogens with one attached hydrogen (secondary N) is 1. The maximum absolute atomic E-state index is 3.71. The van der Waals surface area contributed by atoms with Crippen LogP contribution in [0.2, 0.25) is 0 Å². The van der Waals surface area contributed by atoms with Crippen LogP contribution in [0.5, 0.6) is 0 Å². The minimum absolute atomic E-state index is 0.544. The molecule has 276 valence electrons. The van der Waals surface area contributed by atoms with Gasteiger partial charge in [-0.2, -0.15) is 0 Å². The lowest BCUT2D eigenvalue weighted by atomic mass is 9.86. The monoisotopic (exact) mass is 690 g/mol. The van der Waals surface area contributed by atoms with Crippen molar-refractivity contribution in [2.24, 2.45) is 5.92 Å². The van der Waals surface area contributed by atoms with E-state index in [2.05, 4.69) is 116 Å². The van der Waals surface area contributed by atoms with Gasteiger partial charge in [-0.25, -0.2) is 0 Å². The molecule has 0 amide bonds. The van der Waals surface area contributed by atoms with E-state index in [4.69, 9.17) is 0 Å². The first kappa shape index (κ1) is 36.8. The van der Waals surface area contributed by atoms with Crippen molar-refractivity contribution >= 4 is 0 Å². The second-order valence-corrected chi connectivity index (χ2v) is 16.6. The third-order valence-electron chi connectivity index (χ3n) is 13.0. The molecular formula is C46H67N5. The average Bonchev–Trinajstić information content (AvgIpc) is 3.62. The quantitative estimate of drug-likeness (QED) is 0.157. The van der Waals surface area contributed by atoms with Gasteiger partial charge in [-0.3, -0.25) is 19.6 Å². The topological polar surface area (TPSA) is 25.0 Å². The molecule has 5 nitrogen and oxygen atoms in total. The fourth-order valence-electron chi connectivity index (χ4n) is 10.1. The van der Waals surface area contributed by atoms with Crippen LogP contribution in [-0.2, 0) is 19.3 Å². The van der Waals surface area contributed by atoms with Gasteiger partial charge in [0.25, 0.3) is 0 Å². The molecule has 1 saturated carbocycles. The Morgan fingerprint density at radius 3 is 2.00 bits per heavy atom. The molecule has 3 heterocycles. The Bertz CT molecular complexity index is 1380. The van der Waals surface area contributed by atoms with Crippen LogP contribution in [0.4, 0.5) is 0 Å². The van der Waals surface area contributed by atoms with E-state index < -0.39 is 0 Å². The lowest BCUT2D eigenvalue weighted by Gasteiger charge is -2.46. The molecule has 3 aliphatic heterocycles. The van der Waals surface area contributed by atoms with Crippen LogP contribution in [0.25, 0.3) is 0 Å². The highest BCUT2D eigenvalue weighted by Gasteiger charge is 2.36. The zero-order valence-corrected chi connectivity index (χ0v) is 31.6. The van der Waals surface area contributed by atoms with Gasteiger partial charge in [0, 0.05) is 76.5 Å². The van der Waals surface area contributed by atoms with Gasteiger partial charge in [-0.15, -0.1) is 0 Å². The molecule has 0 aromatic heterocycles. The number of nitrogens with zero attached hydrogens (tertiary/aromatic N) is 4. The van der Waals surface area contributed by atoms with Crippen LogP contribution in [0, 0.1) is 5.92 Å². The summed E-state index contributed by atoms with van der Waals surface area (Å²) < 4.78 is 0. The number of rotatable bonds is 16. The Morgan fingerprint density at radius 1 is 0.588 bits per heavy atom. The maximum atomic E-state index is 3.71. The second-order valence-electron chi connectivity index (χ2n) is 16.6. The Labute approximate surface area is 310 Å². The van der Waals surface area contributed by atoms with Gasteiger partial charge in [0.2, 0.25) is 0 Å². The molecule has 0 radical (unpaired) electrons. The summed E-state index contributed by atoms with van der Waals surface area (Å²) in [4.78, 5) is 11.6. The highest BCUT2D eigenvalue weighted by molar-refractivity contribution is 5.19. The fraction of sp³-hybridized carbons (Fsp3) is 0.609. The van der Waals surface area contributed by atoms with Crippen molar-refractivity contribution in [3.63, 3.8) is 0 Å². The minimum Gasteiger partial charge on any atom is -0.314 e. The van der Waals surface area contributed by atoms with Gasteiger partial charge in [0.15, 0.2) is 0 Å². The Morgan fingerprint density at radius 2 is 1.27 bits per heavy atom. The molecule has 3 aromatic rings.